The molecule has 0 N–H and O–H groups in total. The summed E-state index contributed by atoms with van der Waals surface area (Å²) in [6.45, 7) is 4.04. The monoisotopic (exact) mass is 441 g/mol. The molecule has 0 bridgehead atoms. The minimum atomic E-state index is -0.711. The van der Waals surface area contributed by atoms with Crippen molar-refractivity contribution in [3.8, 4) is 5.75 Å². The molecule has 0 amide bonds. The second kappa shape index (κ2) is 10.3. The van der Waals surface area contributed by atoms with Gasteiger partial charge in [0.05, 0.1) is 22.1 Å². The summed E-state index contributed by atoms with van der Waals surface area (Å²) < 4.78 is 5.74. The van der Waals surface area contributed by atoms with Crippen molar-refractivity contribution in [3.05, 3.63) is 80.9 Å². The Morgan fingerprint density at radius 2 is 1.71 bits per heavy atom. The second-order valence-electron chi connectivity index (χ2n) is 6.25. The molecule has 160 valence electrons. The van der Waals surface area contributed by atoms with Crippen molar-refractivity contribution in [2.24, 2.45) is 10.2 Å². The number of ether oxygens (including phenoxy) is 1. The topological polar surface area (TPSA) is 123 Å². The van der Waals surface area contributed by atoms with E-state index in [9.17, 15) is 20.2 Å². The molecule has 1 aromatic heterocycles. The van der Waals surface area contributed by atoms with E-state index in [-0.39, 0.29) is 10.0 Å². The van der Waals surface area contributed by atoms with Crippen molar-refractivity contribution in [3.63, 3.8) is 0 Å². The van der Waals surface area contributed by atoms with Crippen LogP contribution in [0.25, 0.3) is 0 Å². The zero-order valence-corrected chi connectivity index (χ0v) is 17.4. The number of nitrogens with zero attached hydrogens (tertiary/aromatic N) is 5. The van der Waals surface area contributed by atoms with Crippen LogP contribution in [0.3, 0.4) is 0 Å². The normalized spacial score (nSPS) is 10.9. The van der Waals surface area contributed by atoms with Crippen molar-refractivity contribution in [1.29, 1.82) is 0 Å². The van der Waals surface area contributed by atoms with Gasteiger partial charge in [0.1, 0.15) is 18.4 Å². The summed E-state index contributed by atoms with van der Waals surface area (Å²) in [6, 6.07) is 17.7. The molecule has 0 atom stereocenters. The Bertz CT molecular complexity index is 1070. The fourth-order valence-corrected chi connectivity index (χ4v) is 3.51. The van der Waals surface area contributed by atoms with Gasteiger partial charge in [0.2, 0.25) is 5.00 Å². The summed E-state index contributed by atoms with van der Waals surface area (Å²) >= 11 is 0.611. The predicted octanol–water partition coefficient (Wildman–Crippen LogP) is 5.89. The number of rotatable bonds is 10. The number of nitro groups is 2. The van der Waals surface area contributed by atoms with Crippen LogP contribution in [-0.4, -0.2) is 29.5 Å². The van der Waals surface area contributed by atoms with Gasteiger partial charge in [-0.2, -0.15) is 0 Å². The number of anilines is 1. The van der Waals surface area contributed by atoms with Gasteiger partial charge in [-0.3, -0.25) is 20.2 Å². The number of hydrogen-bond acceptors (Lipinski definition) is 9. The molecular weight excluding hydrogens is 422 g/mol. The highest BCUT2D eigenvalue weighted by Crippen LogP contribution is 2.41. The molecular formula is C20H19N5O5S. The minimum Gasteiger partial charge on any atom is -0.492 e. The van der Waals surface area contributed by atoms with Crippen LogP contribution in [0, 0.1) is 20.2 Å². The molecule has 2 aromatic carbocycles. The van der Waals surface area contributed by atoms with Crippen LogP contribution < -0.4 is 9.64 Å². The van der Waals surface area contributed by atoms with Gasteiger partial charge in [-0.15, -0.1) is 10.2 Å². The second-order valence-corrected chi connectivity index (χ2v) is 7.26. The highest BCUT2D eigenvalue weighted by atomic mass is 32.1. The molecule has 3 rings (SSSR count). The number of benzene rings is 2. The molecule has 10 nitrogen and oxygen atoms in total. The van der Waals surface area contributed by atoms with Gasteiger partial charge >= 0.3 is 10.7 Å². The van der Waals surface area contributed by atoms with Gasteiger partial charge < -0.3 is 9.64 Å². The van der Waals surface area contributed by atoms with Crippen LogP contribution in [-0.2, 0) is 0 Å². The maximum atomic E-state index is 11.1. The first kappa shape index (κ1) is 21.8. The summed E-state index contributed by atoms with van der Waals surface area (Å²) in [7, 11) is 0. The quantitative estimate of drug-likeness (QED) is 0.220. The standard InChI is InChI=1S/C20H19N5O5S/c1-2-23(12-13-30-17-6-4-3-5-7-17)16-10-8-15(9-11-16)21-22-20-18(24(26)27)14-19(31-20)25(28)29/h3-11,14H,2,12-13H2,1H3. The highest BCUT2D eigenvalue weighted by molar-refractivity contribution is 7.19. The average molecular weight is 441 g/mol. The molecule has 0 spiro atoms. The number of azo groups is 1. The summed E-state index contributed by atoms with van der Waals surface area (Å²) in [5.74, 6) is 0.817. The predicted molar refractivity (Wildman–Crippen MR) is 118 cm³/mol. The van der Waals surface area contributed by atoms with E-state index in [2.05, 4.69) is 15.1 Å². The first-order valence-corrected chi connectivity index (χ1v) is 10.2. The molecule has 0 aliphatic carbocycles. The number of para-hydroxylation sites is 1. The molecule has 3 aromatic rings. The maximum absolute atomic E-state index is 11.1. The smallest absolute Gasteiger partial charge is 0.333 e. The summed E-state index contributed by atoms with van der Waals surface area (Å²) in [6.07, 6.45) is 0. The largest absolute Gasteiger partial charge is 0.492 e. The maximum Gasteiger partial charge on any atom is 0.333 e. The van der Waals surface area contributed by atoms with Gasteiger partial charge in [-0.25, -0.2) is 0 Å². The number of thiophene rings is 1. The Balaban J connectivity index is 1.65. The summed E-state index contributed by atoms with van der Waals surface area (Å²) in [5, 5.41) is 29.3. The Morgan fingerprint density at radius 3 is 2.32 bits per heavy atom. The fraction of sp³-hybridized carbons (Fsp3) is 0.200. The van der Waals surface area contributed by atoms with Crippen molar-refractivity contribution in [2.75, 3.05) is 24.6 Å². The molecule has 0 radical (unpaired) electrons. The Hall–Kier alpha value is -3.86. The van der Waals surface area contributed by atoms with Gasteiger partial charge in [-0.05, 0) is 54.7 Å². The van der Waals surface area contributed by atoms with Crippen molar-refractivity contribution in [2.45, 2.75) is 6.92 Å². The van der Waals surface area contributed by atoms with E-state index in [0.717, 1.165) is 24.0 Å². The lowest BCUT2D eigenvalue weighted by atomic mass is 10.2. The van der Waals surface area contributed by atoms with Crippen LogP contribution in [0.15, 0.2) is 70.9 Å². The van der Waals surface area contributed by atoms with E-state index < -0.39 is 15.5 Å². The molecule has 11 heteroatoms. The SMILES string of the molecule is CCN(CCOc1ccccc1)c1ccc(N=Nc2sc([N+](=O)[O-])cc2[N+](=O)[O-])cc1. The van der Waals surface area contributed by atoms with Gasteiger partial charge in [-0.1, -0.05) is 18.2 Å². The van der Waals surface area contributed by atoms with Gasteiger partial charge in [0.25, 0.3) is 0 Å². The number of hydrogen-bond donors (Lipinski definition) is 0. The molecule has 0 saturated heterocycles. The van der Waals surface area contributed by atoms with E-state index in [4.69, 9.17) is 4.74 Å². The van der Waals surface area contributed by atoms with E-state index in [0.29, 0.717) is 30.2 Å². The van der Waals surface area contributed by atoms with E-state index in [1.807, 2.05) is 49.4 Å². The molecule has 0 unspecified atom stereocenters. The van der Waals surface area contributed by atoms with Gasteiger partial charge in [0.15, 0.2) is 0 Å². The molecule has 0 aliphatic rings. The lowest BCUT2D eigenvalue weighted by Gasteiger charge is -2.23. The molecule has 0 fully saturated rings. The lowest BCUT2D eigenvalue weighted by Crippen LogP contribution is -2.27. The minimum absolute atomic E-state index is 0.117. The molecule has 1 heterocycles. The van der Waals surface area contributed by atoms with Crippen LogP contribution in [0.1, 0.15) is 6.92 Å². The summed E-state index contributed by atoms with van der Waals surface area (Å²) in [5.41, 5.74) is 1.01. The van der Waals surface area contributed by atoms with E-state index in [1.165, 1.54) is 0 Å². The molecule has 0 saturated carbocycles. The lowest BCUT2D eigenvalue weighted by molar-refractivity contribution is -0.389. The van der Waals surface area contributed by atoms with Crippen LogP contribution in [0.2, 0.25) is 0 Å². The van der Waals surface area contributed by atoms with Crippen LogP contribution in [0.4, 0.5) is 27.1 Å². The Morgan fingerprint density at radius 1 is 1.00 bits per heavy atom. The first-order valence-electron chi connectivity index (χ1n) is 9.35. The first-order chi connectivity index (χ1) is 15.0. The van der Waals surface area contributed by atoms with E-state index in [1.54, 1.807) is 12.1 Å². The van der Waals surface area contributed by atoms with Crippen molar-refractivity contribution >= 4 is 38.4 Å². The Labute approximate surface area is 181 Å². The number of likely N-dealkylation sites (N-methyl/N-ethyl adjacent to an activating group) is 1. The van der Waals surface area contributed by atoms with Crippen LogP contribution >= 0.6 is 11.3 Å². The molecule has 31 heavy (non-hydrogen) atoms. The third-order valence-electron chi connectivity index (χ3n) is 4.28. The van der Waals surface area contributed by atoms with Crippen molar-refractivity contribution < 1.29 is 14.6 Å². The van der Waals surface area contributed by atoms with E-state index >= 15 is 0 Å². The average Bonchev–Trinajstić information content (AvgIpc) is 3.22. The zero-order chi connectivity index (χ0) is 22.2. The Kier molecular flexibility index (Phi) is 7.22. The highest BCUT2D eigenvalue weighted by Gasteiger charge is 2.25. The summed E-state index contributed by atoms with van der Waals surface area (Å²) in [4.78, 5) is 22.7. The third-order valence-corrected chi connectivity index (χ3v) is 5.24. The third kappa shape index (κ3) is 5.82. The fourth-order valence-electron chi connectivity index (χ4n) is 2.75. The van der Waals surface area contributed by atoms with Gasteiger partial charge in [0, 0.05) is 12.2 Å². The molecule has 0 aliphatic heterocycles. The van der Waals surface area contributed by atoms with Crippen molar-refractivity contribution in [1.82, 2.24) is 0 Å². The zero-order valence-electron chi connectivity index (χ0n) is 16.6. The van der Waals surface area contributed by atoms with Crippen LogP contribution in [0.5, 0.6) is 5.75 Å².